The Labute approximate surface area is 195 Å². The fraction of sp³-hybridized carbons (Fsp3) is 0.480. The van der Waals surface area contributed by atoms with Gasteiger partial charge in [0.2, 0.25) is 5.91 Å². The SMILES string of the molecule is CC(OC[C@@]1(c2ccccc2)CCC2(CN1)COCC(=O)N2)c1cc(CF)cc(C(F)(F)F)c1. The van der Waals surface area contributed by atoms with Gasteiger partial charge in [-0.05, 0) is 48.6 Å². The standard InChI is InChI=1S/C25H28F4N2O3/c1-17(19-9-18(12-26)10-21(11-19)25(27,28)29)34-16-24(20-5-3-2-4-6-20)8-7-23(14-30-24)15-33-13-22(32)31-23/h2-6,9-11,17,30H,7-8,12-16H2,1H3,(H,31,32)/t17?,23?,24-/m1/s1. The minimum absolute atomic E-state index is 0.0381. The normalized spacial score (nSPS) is 26.3. The average Bonchev–Trinajstić information content (AvgIpc) is 2.83. The van der Waals surface area contributed by atoms with Crippen LogP contribution in [0.2, 0.25) is 0 Å². The van der Waals surface area contributed by atoms with Gasteiger partial charge >= 0.3 is 6.18 Å². The van der Waals surface area contributed by atoms with Crippen LogP contribution in [0.1, 0.15) is 48.1 Å². The van der Waals surface area contributed by atoms with E-state index in [0.717, 1.165) is 17.7 Å². The number of carbonyl (C=O) groups is 1. The minimum atomic E-state index is -4.57. The third kappa shape index (κ3) is 5.26. The van der Waals surface area contributed by atoms with E-state index in [4.69, 9.17) is 9.47 Å². The molecule has 2 aromatic rings. The van der Waals surface area contributed by atoms with Gasteiger partial charge in [0.25, 0.3) is 0 Å². The van der Waals surface area contributed by atoms with Crippen molar-refractivity contribution in [1.29, 1.82) is 0 Å². The highest BCUT2D eigenvalue weighted by atomic mass is 19.4. The number of carbonyl (C=O) groups excluding carboxylic acids is 1. The van der Waals surface area contributed by atoms with E-state index in [1.54, 1.807) is 6.92 Å². The van der Waals surface area contributed by atoms with Crippen LogP contribution in [0.3, 0.4) is 0 Å². The van der Waals surface area contributed by atoms with E-state index >= 15 is 0 Å². The zero-order valence-electron chi connectivity index (χ0n) is 18.9. The minimum Gasteiger partial charge on any atom is -0.372 e. The van der Waals surface area contributed by atoms with Gasteiger partial charge < -0.3 is 20.1 Å². The molecule has 2 saturated heterocycles. The first-order valence-corrected chi connectivity index (χ1v) is 11.2. The van der Waals surface area contributed by atoms with Crippen LogP contribution in [0.4, 0.5) is 17.6 Å². The summed E-state index contributed by atoms with van der Waals surface area (Å²) in [5, 5.41) is 6.57. The number of halogens is 4. The Morgan fingerprint density at radius 1 is 1.15 bits per heavy atom. The van der Waals surface area contributed by atoms with Crippen molar-refractivity contribution in [3.05, 3.63) is 70.8 Å². The molecule has 34 heavy (non-hydrogen) atoms. The topological polar surface area (TPSA) is 59.6 Å². The van der Waals surface area contributed by atoms with E-state index < -0.39 is 35.6 Å². The highest BCUT2D eigenvalue weighted by Gasteiger charge is 2.46. The maximum absolute atomic E-state index is 13.3. The lowest BCUT2D eigenvalue weighted by Gasteiger charge is -2.49. The first-order valence-electron chi connectivity index (χ1n) is 11.2. The molecule has 5 nitrogen and oxygen atoms in total. The second-order valence-corrected chi connectivity index (χ2v) is 9.17. The van der Waals surface area contributed by atoms with Gasteiger partial charge in [0.1, 0.15) is 13.3 Å². The number of amides is 1. The van der Waals surface area contributed by atoms with Gasteiger partial charge in [-0.3, -0.25) is 4.79 Å². The van der Waals surface area contributed by atoms with Gasteiger partial charge in [0, 0.05) is 6.54 Å². The maximum atomic E-state index is 13.3. The second kappa shape index (κ2) is 9.64. The van der Waals surface area contributed by atoms with Gasteiger partial charge in [-0.15, -0.1) is 0 Å². The lowest BCUT2D eigenvalue weighted by Crippen LogP contribution is -2.68. The molecule has 0 bridgehead atoms. The van der Waals surface area contributed by atoms with Crippen LogP contribution in [0, 0.1) is 0 Å². The molecule has 0 saturated carbocycles. The quantitative estimate of drug-likeness (QED) is 0.602. The summed E-state index contributed by atoms with van der Waals surface area (Å²) in [5.41, 5.74) is -0.788. The molecule has 2 N–H and O–H groups in total. The molecule has 2 heterocycles. The summed E-state index contributed by atoms with van der Waals surface area (Å²) in [5.74, 6) is -0.154. The highest BCUT2D eigenvalue weighted by molar-refractivity contribution is 5.78. The molecule has 2 aliphatic heterocycles. The van der Waals surface area contributed by atoms with Crippen LogP contribution < -0.4 is 10.6 Å². The molecular weight excluding hydrogens is 452 g/mol. The average molecular weight is 481 g/mol. The monoisotopic (exact) mass is 480 g/mol. The van der Waals surface area contributed by atoms with Gasteiger partial charge in [0.15, 0.2) is 0 Å². The van der Waals surface area contributed by atoms with Crippen LogP contribution in [0.5, 0.6) is 0 Å². The number of morpholine rings is 1. The Balaban J connectivity index is 1.54. The second-order valence-electron chi connectivity index (χ2n) is 9.17. The van der Waals surface area contributed by atoms with Crippen molar-refractivity contribution < 1.29 is 31.8 Å². The van der Waals surface area contributed by atoms with Crippen molar-refractivity contribution in [2.45, 2.75) is 49.8 Å². The summed E-state index contributed by atoms with van der Waals surface area (Å²) in [6, 6.07) is 12.9. The summed E-state index contributed by atoms with van der Waals surface area (Å²) in [6.07, 6.45) is -4.00. The third-order valence-corrected chi connectivity index (χ3v) is 6.68. The lowest BCUT2D eigenvalue weighted by atomic mass is 9.76. The van der Waals surface area contributed by atoms with Crippen molar-refractivity contribution in [2.75, 3.05) is 26.4 Å². The summed E-state index contributed by atoms with van der Waals surface area (Å²) < 4.78 is 64.7. The molecule has 2 aliphatic rings. The van der Waals surface area contributed by atoms with E-state index in [2.05, 4.69) is 10.6 Å². The molecule has 1 spiro atoms. The van der Waals surface area contributed by atoms with Crippen molar-refractivity contribution in [2.24, 2.45) is 0 Å². The number of piperidine rings is 1. The summed E-state index contributed by atoms with van der Waals surface area (Å²) in [6.45, 7) is 1.77. The van der Waals surface area contributed by atoms with E-state index in [0.29, 0.717) is 26.0 Å². The molecule has 9 heteroatoms. The van der Waals surface area contributed by atoms with Crippen LogP contribution in [0.15, 0.2) is 48.5 Å². The van der Waals surface area contributed by atoms with E-state index in [9.17, 15) is 22.4 Å². The number of ether oxygens (including phenoxy) is 2. The molecule has 3 atom stereocenters. The predicted octanol–water partition coefficient (Wildman–Crippen LogP) is 4.42. The molecule has 0 aromatic heterocycles. The van der Waals surface area contributed by atoms with Crippen molar-refractivity contribution in [3.63, 3.8) is 0 Å². The van der Waals surface area contributed by atoms with E-state index in [-0.39, 0.29) is 30.2 Å². The fourth-order valence-corrected chi connectivity index (χ4v) is 4.67. The van der Waals surface area contributed by atoms with Crippen LogP contribution in [-0.2, 0) is 32.7 Å². The molecule has 2 unspecified atom stereocenters. The summed E-state index contributed by atoms with van der Waals surface area (Å²) in [7, 11) is 0. The van der Waals surface area contributed by atoms with E-state index in [1.807, 2.05) is 30.3 Å². The summed E-state index contributed by atoms with van der Waals surface area (Å²) in [4.78, 5) is 11.9. The Bertz CT molecular complexity index is 1000. The number of benzene rings is 2. The molecular formula is C25H28F4N2O3. The van der Waals surface area contributed by atoms with Crippen LogP contribution in [0.25, 0.3) is 0 Å². The smallest absolute Gasteiger partial charge is 0.372 e. The molecule has 0 aliphatic carbocycles. The zero-order valence-corrected chi connectivity index (χ0v) is 18.9. The van der Waals surface area contributed by atoms with Crippen molar-refractivity contribution in [1.82, 2.24) is 10.6 Å². The number of alkyl halides is 4. The Morgan fingerprint density at radius 3 is 2.53 bits per heavy atom. The number of hydrogen-bond acceptors (Lipinski definition) is 4. The summed E-state index contributed by atoms with van der Waals surface area (Å²) >= 11 is 0. The number of hydrogen-bond donors (Lipinski definition) is 2. The van der Waals surface area contributed by atoms with E-state index in [1.165, 1.54) is 6.07 Å². The Morgan fingerprint density at radius 2 is 1.91 bits per heavy atom. The van der Waals surface area contributed by atoms with Gasteiger partial charge in [-0.2, -0.15) is 13.2 Å². The lowest BCUT2D eigenvalue weighted by molar-refractivity contribution is -0.138. The van der Waals surface area contributed by atoms with Crippen LogP contribution >= 0.6 is 0 Å². The van der Waals surface area contributed by atoms with Gasteiger partial charge in [0.05, 0.1) is 36.0 Å². The molecule has 2 fully saturated rings. The molecule has 2 aromatic carbocycles. The number of nitrogens with one attached hydrogen (secondary N) is 2. The molecule has 4 rings (SSSR count). The van der Waals surface area contributed by atoms with Crippen molar-refractivity contribution >= 4 is 5.91 Å². The fourth-order valence-electron chi connectivity index (χ4n) is 4.67. The third-order valence-electron chi connectivity index (χ3n) is 6.68. The molecule has 1 amide bonds. The predicted molar refractivity (Wildman–Crippen MR) is 118 cm³/mol. The Kier molecular flexibility index (Phi) is 6.98. The zero-order chi connectivity index (χ0) is 24.4. The largest absolute Gasteiger partial charge is 0.416 e. The first kappa shape index (κ1) is 24.6. The highest BCUT2D eigenvalue weighted by Crippen LogP contribution is 2.37. The molecule has 184 valence electrons. The van der Waals surface area contributed by atoms with Gasteiger partial charge in [-0.25, -0.2) is 4.39 Å². The van der Waals surface area contributed by atoms with Gasteiger partial charge in [-0.1, -0.05) is 36.4 Å². The van der Waals surface area contributed by atoms with Crippen LogP contribution in [-0.4, -0.2) is 37.8 Å². The van der Waals surface area contributed by atoms with Crippen molar-refractivity contribution in [3.8, 4) is 0 Å². The Hall–Kier alpha value is -2.49. The molecule has 0 radical (unpaired) electrons. The maximum Gasteiger partial charge on any atom is 0.416 e. The first-order chi connectivity index (χ1) is 16.1. The number of rotatable bonds is 6.